The topological polar surface area (TPSA) is 119 Å². The Balaban J connectivity index is 1.52. The highest BCUT2D eigenvalue weighted by molar-refractivity contribution is 7.20. The summed E-state index contributed by atoms with van der Waals surface area (Å²) in [7, 11) is 0. The maximum atomic E-state index is 13.3. The number of nitrogens with zero attached hydrogens (tertiary/aromatic N) is 2. The zero-order valence-electron chi connectivity index (χ0n) is 19.9. The molecule has 0 saturated heterocycles. The van der Waals surface area contributed by atoms with Crippen LogP contribution in [0.3, 0.4) is 0 Å². The molecule has 36 heavy (non-hydrogen) atoms. The number of esters is 1. The third-order valence-electron chi connectivity index (χ3n) is 5.54. The smallest absolute Gasteiger partial charge is 0.349 e. The van der Waals surface area contributed by atoms with Crippen molar-refractivity contribution >= 4 is 50.7 Å². The SMILES string of the molecule is CC(=O)Nc1ccc(NC(=O)C(C)n2cnc3sc(C(=O)OCc4ccccc4)c(C)c3c2=O)cc1. The van der Waals surface area contributed by atoms with Crippen LogP contribution in [0, 0.1) is 6.92 Å². The van der Waals surface area contributed by atoms with Crippen LogP contribution in [0.15, 0.2) is 65.7 Å². The van der Waals surface area contributed by atoms with Gasteiger partial charge in [-0.25, -0.2) is 9.78 Å². The minimum Gasteiger partial charge on any atom is -0.457 e. The monoisotopic (exact) mass is 504 g/mol. The molecule has 4 aromatic rings. The number of ether oxygens (including phenoxy) is 1. The highest BCUT2D eigenvalue weighted by atomic mass is 32.1. The van der Waals surface area contributed by atoms with Crippen molar-refractivity contribution in [2.24, 2.45) is 0 Å². The molecule has 0 radical (unpaired) electrons. The molecule has 0 aliphatic heterocycles. The van der Waals surface area contributed by atoms with E-state index >= 15 is 0 Å². The lowest BCUT2D eigenvalue weighted by atomic mass is 10.2. The largest absolute Gasteiger partial charge is 0.457 e. The van der Waals surface area contributed by atoms with Gasteiger partial charge in [-0.05, 0) is 49.2 Å². The molecule has 2 aromatic heterocycles. The third-order valence-corrected chi connectivity index (χ3v) is 6.72. The zero-order chi connectivity index (χ0) is 25.8. The Morgan fingerprint density at radius 1 is 1.03 bits per heavy atom. The summed E-state index contributed by atoms with van der Waals surface area (Å²) in [5.74, 6) is -1.14. The lowest BCUT2D eigenvalue weighted by Crippen LogP contribution is -2.31. The first-order chi connectivity index (χ1) is 17.2. The van der Waals surface area contributed by atoms with Gasteiger partial charge in [-0.3, -0.25) is 19.0 Å². The van der Waals surface area contributed by atoms with Gasteiger partial charge < -0.3 is 15.4 Å². The van der Waals surface area contributed by atoms with Gasteiger partial charge in [0.1, 0.15) is 22.4 Å². The number of carbonyl (C=O) groups is 3. The van der Waals surface area contributed by atoms with Crippen molar-refractivity contribution < 1.29 is 19.1 Å². The summed E-state index contributed by atoms with van der Waals surface area (Å²) >= 11 is 1.09. The van der Waals surface area contributed by atoms with Gasteiger partial charge in [0.05, 0.1) is 11.7 Å². The Hall–Kier alpha value is -4.31. The zero-order valence-corrected chi connectivity index (χ0v) is 20.7. The second-order valence-corrected chi connectivity index (χ2v) is 9.18. The molecule has 0 aliphatic rings. The Morgan fingerprint density at radius 2 is 1.67 bits per heavy atom. The molecular weight excluding hydrogens is 480 g/mol. The Kier molecular flexibility index (Phi) is 7.25. The number of anilines is 2. The number of aromatic nitrogens is 2. The fourth-order valence-corrected chi connectivity index (χ4v) is 4.64. The van der Waals surface area contributed by atoms with Crippen molar-refractivity contribution in [3.8, 4) is 0 Å². The summed E-state index contributed by atoms with van der Waals surface area (Å²) in [5, 5.41) is 5.69. The lowest BCUT2D eigenvalue weighted by molar-refractivity contribution is -0.119. The maximum Gasteiger partial charge on any atom is 0.349 e. The van der Waals surface area contributed by atoms with Crippen molar-refractivity contribution in [1.82, 2.24) is 9.55 Å². The molecule has 0 saturated carbocycles. The van der Waals surface area contributed by atoms with Crippen molar-refractivity contribution in [3.63, 3.8) is 0 Å². The van der Waals surface area contributed by atoms with E-state index in [1.54, 1.807) is 38.1 Å². The van der Waals surface area contributed by atoms with Gasteiger partial charge in [-0.15, -0.1) is 11.3 Å². The van der Waals surface area contributed by atoms with Gasteiger partial charge in [0.15, 0.2) is 0 Å². The van der Waals surface area contributed by atoms with Gasteiger partial charge in [0, 0.05) is 18.3 Å². The van der Waals surface area contributed by atoms with E-state index in [1.807, 2.05) is 30.3 Å². The van der Waals surface area contributed by atoms with Gasteiger partial charge in [0.25, 0.3) is 5.56 Å². The predicted molar refractivity (Wildman–Crippen MR) is 138 cm³/mol. The number of hydrogen-bond donors (Lipinski definition) is 2. The van der Waals surface area contributed by atoms with Crippen LogP contribution in [0.25, 0.3) is 10.2 Å². The maximum absolute atomic E-state index is 13.3. The number of benzene rings is 2. The molecule has 1 atom stereocenters. The summed E-state index contributed by atoms with van der Waals surface area (Å²) in [6.07, 6.45) is 1.31. The van der Waals surface area contributed by atoms with E-state index in [-0.39, 0.29) is 17.9 Å². The molecule has 2 N–H and O–H groups in total. The molecule has 9 nitrogen and oxygen atoms in total. The summed E-state index contributed by atoms with van der Waals surface area (Å²) in [5.41, 5.74) is 2.03. The molecule has 1 unspecified atom stereocenters. The molecule has 2 heterocycles. The molecular formula is C26H24N4O5S. The van der Waals surface area contributed by atoms with Crippen molar-refractivity contribution in [1.29, 1.82) is 0 Å². The first-order valence-corrected chi connectivity index (χ1v) is 12.0. The van der Waals surface area contributed by atoms with Gasteiger partial charge in [-0.1, -0.05) is 30.3 Å². The molecule has 0 fully saturated rings. The van der Waals surface area contributed by atoms with E-state index < -0.39 is 23.5 Å². The van der Waals surface area contributed by atoms with Gasteiger partial charge in [-0.2, -0.15) is 0 Å². The number of thiophene rings is 1. The summed E-state index contributed by atoms with van der Waals surface area (Å²) in [4.78, 5) is 55.0. The normalized spacial score (nSPS) is 11.6. The van der Waals surface area contributed by atoms with E-state index in [0.717, 1.165) is 16.9 Å². The van der Waals surface area contributed by atoms with Crippen LogP contribution in [-0.4, -0.2) is 27.3 Å². The average Bonchev–Trinajstić information content (AvgIpc) is 3.21. The van der Waals surface area contributed by atoms with Crippen LogP contribution in [0.1, 0.15) is 40.7 Å². The van der Waals surface area contributed by atoms with Crippen LogP contribution < -0.4 is 16.2 Å². The van der Waals surface area contributed by atoms with Crippen LogP contribution in [0.2, 0.25) is 0 Å². The number of rotatable bonds is 7. The van der Waals surface area contributed by atoms with Crippen molar-refractivity contribution in [3.05, 3.63) is 87.3 Å². The minimum atomic E-state index is -0.864. The molecule has 10 heteroatoms. The predicted octanol–water partition coefficient (Wildman–Crippen LogP) is 4.28. The minimum absolute atomic E-state index is 0.119. The fraction of sp³-hybridized carbons (Fsp3) is 0.192. The average molecular weight is 505 g/mol. The van der Waals surface area contributed by atoms with Crippen LogP contribution in [0.5, 0.6) is 0 Å². The second kappa shape index (κ2) is 10.5. The lowest BCUT2D eigenvalue weighted by Gasteiger charge is -2.15. The van der Waals surface area contributed by atoms with Crippen LogP contribution in [0.4, 0.5) is 11.4 Å². The van der Waals surface area contributed by atoms with E-state index in [0.29, 0.717) is 26.6 Å². The first-order valence-electron chi connectivity index (χ1n) is 11.1. The quantitative estimate of drug-likeness (QED) is 0.363. The summed E-state index contributed by atoms with van der Waals surface area (Å²) in [6, 6.07) is 15.1. The molecule has 0 spiro atoms. The number of carbonyl (C=O) groups excluding carboxylic acids is 3. The molecule has 2 aromatic carbocycles. The van der Waals surface area contributed by atoms with Crippen LogP contribution >= 0.6 is 11.3 Å². The molecule has 184 valence electrons. The standard InChI is InChI=1S/C26H24N4O5S/c1-15-21-24(36-22(15)26(34)35-13-18-7-5-4-6-8-18)27-14-30(25(21)33)16(2)23(32)29-20-11-9-19(10-12-20)28-17(3)31/h4-12,14,16H,13H2,1-3H3,(H,28,31)(H,29,32). The molecule has 0 bridgehead atoms. The van der Waals surface area contributed by atoms with Crippen molar-refractivity contribution in [2.45, 2.75) is 33.4 Å². The Morgan fingerprint density at radius 3 is 2.31 bits per heavy atom. The number of amides is 2. The van der Waals surface area contributed by atoms with E-state index in [1.165, 1.54) is 17.8 Å². The third kappa shape index (κ3) is 5.33. The van der Waals surface area contributed by atoms with E-state index in [9.17, 15) is 19.2 Å². The van der Waals surface area contributed by atoms with Gasteiger partial charge in [0.2, 0.25) is 11.8 Å². The molecule has 4 rings (SSSR count). The highest BCUT2D eigenvalue weighted by Crippen LogP contribution is 2.28. The molecule has 2 amide bonds. The highest BCUT2D eigenvalue weighted by Gasteiger charge is 2.23. The molecule has 0 aliphatic carbocycles. The number of aryl methyl sites for hydroxylation is 1. The second-order valence-electron chi connectivity index (χ2n) is 8.18. The summed E-state index contributed by atoms with van der Waals surface area (Å²) < 4.78 is 6.66. The Labute approximate surface area is 210 Å². The summed E-state index contributed by atoms with van der Waals surface area (Å²) in [6.45, 7) is 4.79. The van der Waals surface area contributed by atoms with E-state index in [4.69, 9.17) is 4.74 Å². The van der Waals surface area contributed by atoms with Crippen LogP contribution in [-0.2, 0) is 20.9 Å². The van der Waals surface area contributed by atoms with Crippen molar-refractivity contribution in [2.75, 3.05) is 10.6 Å². The Bertz CT molecular complexity index is 1490. The number of fused-ring (bicyclic) bond motifs is 1. The van der Waals surface area contributed by atoms with Gasteiger partial charge >= 0.3 is 5.97 Å². The number of hydrogen-bond acceptors (Lipinski definition) is 7. The first kappa shape index (κ1) is 24.8. The van der Waals surface area contributed by atoms with E-state index in [2.05, 4.69) is 15.6 Å². The number of nitrogens with one attached hydrogen (secondary N) is 2. The fourth-order valence-electron chi connectivity index (χ4n) is 3.61.